The highest BCUT2D eigenvalue weighted by molar-refractivity contribution is 7.10. The predicted octanol–water partition coefficient (Wildman–Crippen LogP) is 27.5. The first-order valence-corrected chi connectivity index (χ1v) is 47.7. The van der Waals surface area contributed by atoms with E-state index in [9.17, 15) is 0 Å². The Morgan fingerprint density at radius 2 is 0.515 bits per heavy atom. The molecule has 18 rings (SSSR count). The SMILES string of the molecule is C.Cc1cccnc1C.Cc1cccnc1C.Cc1ccncc1C.Cc1ccncc1C.Cc1ccsc1C.Cc1ccsc1C.Cc1cn[nH]c1C.Cc1cn[nH]c1C.Cc1cn[nH]c1C.Cc1cn[nH]c1C.Cc1cncnc1C.Cc1cncnc1C.Cc1cscc1C.Cc1nc[nH]c1C.Cc1nc[nH]c1C.Cc1nccnc1C.Cc1ncsc1C.Cc1ncsc1C. The number of aromatic nitrogens is 24. The van der Waals surface area contributed by atoms with E-state index in [0.29, 0.717) is 0 Å². The number of imidazole rings is 2. The number of thiophene rings is 3. The monoisotopic (exact) mass is 1910 g/mol. The molecule has 29 heteroatoms. The van der Waals surface area contributed by atoms with E-state index < -0.39 is 0 Å². The zero-order valence-electron chi connectivity index (χ0n) is 85.6. The molecule has 0 saturated carbocycles. The Labute approximate surface area is 820 Å². The summed E-state index contributed by atoms with van der Waals surface area (Å²) in [6.45, 7) is 73.3. The highest BCUT2D eigenvalue weighted by atomic mass is 32.1. The van der Waals surface area contributed by atoms with Crippen LogP contribution in [0.3, 0.4) is 0 Å². The highest BCUT2D eigenvalue weighted by Crippen LogP contribution is 2.15. The van der Waals surface area contributed by atoms with E-state index in [1.54, 1.807) is 94.4 Å². The molecule has 18 aromatic rings. The number of rotatable bonds is 0. The zero-order valence-corrected chi connectivity index (χ0v) is 89.6. The Bertz CT molecular complexity index is 4540. The van der Waals surface area contributed by atoms with Crippen LogP contribution in [-0.4, -0.2) is 121 Å². The van der Waals surface area contributed by atoms with Gasteiger partial charge in [0.2, 0.25) is 0 Å². The average molecular weight is 1910 g/mol. The molecule has 0 aliphatic carbocycles. The minimum Gasteiger partial charge on any atom is -0.348 e. The molecular formula is C105H150N24S5. The molecule has 18 aromatic heterocycles. The molecule has 0 saturated heterocycles. The molecule has 134 heavy (non-hydrogen) atoms. The van der Waals surface area contributed by atoms with Crippen LogP contribution in [0.15, 0.2) is 193 Å². The van der Waals surface area contributed by atoms with Gasteiger partial charge in [-0.1, -0.05) is 19.6 Å². The summed E-state index contributed by atoms with van der Waals surface area (Å²) in [6.07, 6.45) is 31.8. The molecule has 0 spiro atoms. The lowest BCUT2D eigenvalue weighted by Gasteiger charge is -1.92. The van der Waals surface area contributed by atoms with E-state index >= 15 is 0 Å². The van der Waals surface area contributed by atoms with Crippen molar-refractivity contribution in [1.82, 2.24) is 121 Å². The standard InChI is InChI=1S/4C7H9N.3C6H8N2.3C6H8S.6C5H8N2.2C5H7NS.CH4/c2*1-6-3-4-8-5-7(6)2;2*1-6-4-3-5-8-7(6)2;2*1-5-3-7-4-8-6(5)2;1-5-6(2)8-4-3-7-5;1-5-3-7-4-6(5)2;2*1-5-3-4-7-6(5)2;2*1-4-5(2)7-3-6-4;4*1-4-3-6-7-5(4)2;2*1-4-5(2)7-3-6-4;/h4*3-5H,1-2H3;3*3-4H,1-2H3;3*3-4H,1-2H3;6*3H,1-2H3,(H,6,7);2*3H,1-2H3;1H4. The normalized spacial score (nSPS) is 9.28. The average Bonchev–Trinajstić information content (AvgIpc) is 1.91. The maximum Gasteiger partial charge on any atom is 0.115 e. The summed E-state index contributed by atoms with van der Waals surface area (Å²) in [5.41, 5.74) is 41.9. The van der Waals surface area contributed by atoms with Crippen molar-refractivity contribution in [2.45, 2.75) is 257 Å². The Kier molecular flexibility index (Phi) is 63.7. The Balaban J connectivity index is 0.00000140. The molecule has 720 valence electrons. The van der Waals surface area contributed by atoms with Crippen molar-refractivity contribution in [3.05, 3.63) is 393 Å². The van der Waals surface area contributed by atoms with E-state index in [4.69, 9.17) is 0 Å². The molecule has 0 aliphatic rings. The Morgan fingerprint density at radius 1 is 0.209 bits per heavy atom. The van der Waals surface area contributed by atoms with Gasteiger partial charge in [0.05, 0.1) is 82.6 Å². The largest absolute Gasteiger partial charge is 0.348 e. The maximum atomic E-state index is 4.08. The molecule has 0 amide bonds. The molecule has 18 heterocycles. The topological polar surface area (TPSA) is 327 Å². The van der Waals surface area contributed by atoms with Crippen molar-refractivity contribution < 1.29 is 0 Å². The van der Waals surface area contributed by atoms with E-state index in [-0.39, 0.29) is 7.43 Å². The summed E-state index contributed by atoms with van der Waals surface area (Å²) < 4.78 is 0. The highest BCUT2D eigenvalue weighted by Gasteiger charge is 1.98. The molecular weight excluding hydrogens is 1760 g/mol. The van der Waals surface area contributed by atoms with Crippen LogP contribution < -0.4 is 0 Å². The van der Waals surface area contributed by atoms with Crippen molar-refractivity contribution in [2.24, 2.45) is 0 Å². The quantitative estimate of drug-likeness (QED) is 0.0821. The van der Waals surface area contributed by atoms with Crippen LogP contribution in [0.25, 0.3) is 0 Å². The van der Waals surface area contributed by atoms with Gasteiger partial charge in [-0.25, -0.2) is 39.9 Å². The summed E-state index contributed by atoms with van der Waals surface area (Å²) in [5.74, 6) is 0. The van der Waals surface area contributed by atoms with Gasteiger partial charge in [-0.15, -0.1) is 45.3 Å². The van der Waals surface area contributed by atoms with Gasteiger partial charge in [-0.05, 0) is 396 Å². The van der Waals surface area contributed by atoms with Crippen LogP contribution in [0.2, 0.25) is 0 Å². The fraction of sp³-hybridized carbons (Fsp3) is 0.352. The van der Waals surface area contributed by atoms with Gasteiger partial charge in [0.15, 0.2) is 0 Å². The summed E-state index contributed by atoms with van der Waals surface area (Å²) in [4.78, 5) is 67.1. The Hall–Kier alpha value is -12.5. The van der Waals surface area contributed by atoms with Gasteiger partial charge in [0.1, 0.15) is 12.7 Å². The minimum absolute atomic E-state index is 0. The molecule has 0 fully saturated rings. The Morgan fingerprint density at radius 3 is 0.634 bits per heavy atom. The van der Waals surface area contributed by atoms with Crippen LogP contribution in [0.5, 0.6) is 0 Å². The van der Waals surface area contributed by atoms with Crippen molar-refractivity contribution in [2.75, 3.05) is 0 Å². The van der Waals surface area contributed by atoms with Gasteiger partial charge >= 0.3 is 0 Å². The van der Waals surface area contributed by atoms with Crippen LogP contribution >= 0.6 is 56.7 Å². The first-order chi connectivity index (χ1) is 63.0. The number of nitrogens with zero attached hydrogens (tertiary/aromatic N) is 18. The number of hydrogen-bond acceptors (Lipinski definition) is 23. The van der Waals surface area contributed by atoms with Crippen molar-refractivity contribution >= 4 is 56.7 Å². The third-order valence-electron chi connectivity index (χ3n) is 20.4. The number of aromatic amines is 6. The van der Waals surface area contributed by atoms with E-state index in [1.165, 1.54) is 97.4 Å². The van der Waals surface area contributed by atoms with Crippen molar-refractivity contribution in [3.8, 4) is 0 Å². The zero-order chi connectivity index (χ0) is 99.9. The third-order valence-corrected chi connectivity index (χ3v) is 25.0. The molecule has 0 atom stereocenters. The number of aryl methyl sites for hydroxylation is 36. The number of nitrogens with one attached hydrogen (secondary N) is 6. The fourth-order valence-corrected chi connectivity index (χ4v) is 11.6. The summed E-state index contributed by atoms with van der Waals surface area (Å²) in [5, 5.41) is 35.0. The molecule has 0 unspecified atom stereocenters. The molecule has 0 bridgehead atoms. The summed E-state index contributed by atoms with van der Waals surface area (Å²) in [6, 6.07) is 16.3. The van der Waals surface area contributed by atoms with Crippen molar-refractivity contribution in [1.29, 1.82) is 0 Å². The molecule has 0 aliphatic heterocycles. The second-order valence-electron chi connectivity index (χ2n) is 31.0. The van der Waals surface area contributed by atoms with Crippen molar-refractivity contribution in [3.63, 3.8) is 0 Å². The smallest absolute Gasteiger partial charge is 0.115 e. The second-order valence-corrected chi connectivity index (χ2v) is 36.1. The lowest BCUT2D eigenvalue weighted by molar-refractivity contribution is 1.04. The molecule has 0 aromatic carbocycles. The number of thiazole rings is 2. The van der Waals surface area contributed by atoms with Crippen LogP contribution in [0.4, 0.5) is 0 Å². The molecule has 6 N–H and O–H groups in total. The number of pyridine rings is 4. The predicted molar refractivity (Wildman–Crippen MR) is 569 cm³/mol. The maximum absolute atomic E-state index is 4.08. The van der Waals surface area contributed by atoms with E-state index in [1.807, 2.05) is 262 Å². The second kappa shape index (κ2) is 70.2. The fourth-order valence-electron chi connectivity index (χ4n) is 8.15. The molecule has 0 radical (unpaired) electrons. The van der Waals surface area contributed by atoms with Gasteiger partial charge in [-0.2, -0.15) is 31.7 Å². The van der Waals surface area contributed by atoms with Gasteiger partial charge in [0.25, 0.3) is 0 Å². The van der Waals surface area contributed by atoms with Crippen LogP contribution in [0.1, 0.15) is 207 Å². The van der Waals surface area contributed by atoms with E-state index in [2.05, 4.69) is 263 Å². The number of H-pyrrole nitrogens is 6. The van der Waals surface area contributed by atoms with Gasteiger partial charge in [0, 0.05) is 138 Å². The van der Waals surface area contributed by atoms with E-state index in [0.717, 1.165) is 102 Å². The minimum atomic E-state index is 0. The lowest BCUT2D eigenvalue weighted by atomic mass is 10.2. The number of hydrogen-bond donors (Lipinski definition) is 6. The van der Waals surface area contributed by atoms with Crippen LogP contribution in [0, 0.1) is 249 Å². The van der Waals surface area contributed by atoms with Crippen LogP contribution in [-0.2, 0) is 0 Å². The van der Waals surface area contributed by atoms with Gasteiger partial charge in [-0.3, -0.25) is 50.3 Å². The summed E-state index contributed by atoms with van der Waals surface area (Å²) >= 11 is 8.76. The third kappa shape index (κ3) is 55.1. The molecule has 24 nitrogen and oxygen atoms in total. The lowest BCUT2D eigenvalue weighted by Crippen LogP contribution is -1.87. The first kappa shape index (κ1) is 121. The summed E-state index contributed by atoms with van der Waals surface area (Å²) in [7, 11) is 0. The van der Waals surface area contributed by atoms with Gasteiger partial charge < -0.3 is 9.97 Å². The first-order valence-electron chi connectivity index (χ1n) is 43.2.